The molecule has 118 valence electrons. The lowest BCUT2D eigenvalue weighted by atomic mass is 10.1. The number of sulfonamides is 1. The second kappa shape index (κ2) is 4.94. The first-order valence-corrected chi connectivity index (χ1v) is 8.37. The fourth-order valence-electron chi connectivity index (χ4n) is 2.92. The summed E-state index contributed by atoms with van der Waals surface area (Å²) in [5, 5.41) is 3.98. The van der Waals surface area contributed by atoms with Gasteiger partial charge < -0.3 is 15.2 Å². The van der Waals surface area contributed by atoms with Crippen molar-refractivity contribution in [3.63, 3.8) is 0 Å². The van der Waals surface area contributed by atoms with Gasteiger partial charge in [0.05, 0.1) is 18.9 Å². The zero-order valence-corrected chi connectivity index (χ0v) is 13.0. The van der Waals surface area contributed by atoms with Crippen LogP contribution in [0.3, 0.4) is 0 Å². The van der Waals surface area contributed by atoms with Gasteiger partial charge in [-0.2, -0.15) is 9.40 Å². The molecule has 9 heteroatoms. The molecule has 2 aliphatic heterocycles. The number of nitrogen functional groups attached to an aromatic ring is 1. The van der Waals surface area contributed by atoms with Crippen molar-refractivity contribution in [3.05, 3.63) is 5.69 Å². The van der Waals surface area contributed by atoms with Gasteiger partial charge in [-0.15, -0.1) is 0 Å². The predicted octanol–water partition coefficient (Wildman–Crippen LogP) is -0.162. The first kappa shape index (κ1) is 14.8. The topological polar surface area (TPSA) is 99.7 Å². The third-order valence-electron chi connectivity index (χ3n) is 4.20. The van der Waals surface area contributed by atoms with E-state index in [9.17, 15) is 8.42 Å². The molecule has 0 radical (unpaired) electrons. The van der Waals surface area contributed by atoms with Gasteiger partial charge in [0, 0.05) is 33.0 Å². The van der Waals surface area contributed by atoms with Crippen LogP contribution < -0.4 is 5.73 Å². The van der Waals surface area contributed by atoms with Gasteiger partial charge in [0.25, 0.3) is 0 Å². The lowest BCUT2D eigenvalue weighted by molar-refractivity contribution is -0.179. The van der Waals surface area contributed by atoms with Crippen molar-refractivity contribution < 1.29 is 17.9 Å². The number of aryl methyl sites for hydroxylation is 1. The van der Waals surface area contributed by atoms with E-state index in [1.54, 1.807) is 14.0 Å². The van der Waals surface area contributed by atoms with Crippen molar-refractivity contribution in [1.29, 1.82) is 0 Å². The van der Waals surface area contributed by atoms with E-state index in [-0.39, 0.29) is 10.7 Å². The Kier molecular flexibility index (Phi) is 3.47. The second-order valence-corrected chi connectivity index (χ2v) is 7.31. The average Bonchev–Trinajstić information content (AvgIpc) is 2.96. The molecular formula is C12H20N4O4S. The number of nitrogens with zero attached hydrogens (tertiary/aromatic N) is 3. The van der Waals surface area contributed by atoms with Crippen molar-refractivity contribution in [2.24, 2.45) is 7.05 Å². The number of hydrogen-bond acceptors (Lipinski definition) is 6. The Labute approximate surface area is 123 Å². The smallest absolute Gasteiger partial charge is 0.248 e. The Morgan fingerprint density at radius 2 is 1.81 bits per heavy atom. The van der Waals surface area contributed by atoms with Crippen molar-refractivity contribution in [3.8, 4) is 0 Å². The third-order valence-corrected chi connectivity index (χ3v) is 6.27. The zero-order valence-electron chi connectivity index (χ0n) is 12.2. The Morgan fingerprint density at radius 3 is 2.29 bits per heavy atom. The lowest BCUT2D eigenvalue weighted by Gasteiger charge is -2.36. The highest BCUT2D eigenvalue weighted by atomic mass is 32.2. The van der Waals surface area contributed by atoms with Gasteiger partial charge in [-0.25, -0.2) is 8.42 Å². The minimum Gasteiger partial charge on any atom is -0.381 e. The Balaban J connectivity index is 1.83. The quantitative estimate of drug-likeness (QED) is 0.814. The highest BCUT2D eigenvalue weighted by Crippen LogP contribution is 2.34. The molecule has 0 aromatic carbocycles. The molecule has 3 heterocycles. The molecule has 3 rings (SSSR count). The van der Waals surface area contributed by atoms with Crippen LogP contribution in [0.2, 0.25) is 0 Å². The molecule has 0 aliphatic carbocycles. The molecule has 0 unspecified atom stereocenters. The molecule has 8 nitrogen and oxygen atoms in total. The fraction of sp³-hybridized carbons (Fsp3) is 0.750. The van der Waals surface area contributed by atoms with E-state index in [0.29, 0.717) is 44.8 Å². The molecule has 1 aromatic heterocycles. The summed E-state index contributed by atoms with van der Waals surface area (Å²) in [4.78, 5) is 0.106. The summed E-state index contributed by atoms with van der Waals surface area (Å²) in [7, 11) is -1.96. The molecule has 1 spiro atoms. The molecule has 0 atom stereocenters. The normalized spacial score (nSPS) is 23.0. The van der Waals surface area contributed by atoms with Crippen LogP contribution in [0, 0.1) is 6.92 Å². The van der Waals surface area contributed by atoms with Crippen LogP contribution in [0.5, 0.6) is 0 Å². The molecule has 2 aliphatic rings. The first-order chi connectivity index (χ1) is 9.86. The molecule has 2 fully saturated rings. The highest BCUT2D eigenvalue weighted by Gasteiger charge is 2.43. The summed E-state index contributed by atoms with van der Waals surface area (Å²) in [6.07, 6.45) is 1.07. The molecule has 0 amide bonds. The maximum atomic E-state index is 12.8. The van der Waals surface area contributed by atoms with E-state index in [0.717, 1.165) is 0 Å². The Morgan fingerprint density at radius 1 is 1.24 bits per heavy atom. The highest BCUT2D eigenvalue weighted by molar-refractivity contribution is 7.89. The Bertz CT molecular complexity index is 638. The largest absolute Gasteiger partial charge is 0.381 e. The molecule has 1 aromatic rings. The molecule has 2 saturated heterocycles. The van der Waals surface area contributed by atoms with Crippen LogP contribution >= 0.6 is 0 Å². The molecule has 0 saturated carbocycles. The number of nitrogens with two attached hydrogens (primary N) is 1. The summed E-state index contributed by atoms with van der Waals surface area (Å²) in [5.74, 6) is -0.551. The van der Waals surface area contributed by atoms with Crippen molar-refractivity contribution in [1.82, 2.24) is 14.1 Å². The van der Waals surface area contributed by atoms with E-state index < -0.39 is 15.8 Å². The van der Waals surface area contributed by atoms with Gasteiger partial charge in [-0.1, -0.05) is 0 Å². The summed E-state index contributed by atoms with van der Waals surface area (Å²) < 4.78 is 39.7. The van der Waals surface area contributed by atoms with Crippen molar-refractivity contribution in [2.45, 2.75) is 30.4 Å². The van der Waals surface area contributed by atoms with Crippen molar-refractivity contribution in [2.75, 3.05) is 32.0 Å². The van der Waals surface area contributed by atoms with Crippen LogP contribution in [0.15, 0.2) is 4.90 Å². The van der Waals surface area contributed by atoms with Crippen LogP contribution in [0.4, 0.5) is 5.82 Å². The van der Waals surface area contributed by atoms with Crippen LogP contribution in [0.25, 0.3) is 0 Å². The van der Waals surface area contributed by atoms with E-state index in [2.05, 4.69) is 5.10 Å². The predicted molar refractivity (Wildman–Crippen MR) is 75.0 cm³/mol. The fourth-order valence-corrected chi connectivity index (χ4v) is 4.65. The van der Waals surface area contributed by atoms with Gasteiger partial charge in [0.1, 0.15) is 4.90 Å². The number of rotatable bonds is 2. The molecule has 0 bridgehead atoms. The molecular weight excluding hydrogens is 296 g/mol. The van der Waals surface area contributed by atoms with Crippen LogP contribution in [-0.2, 0) is 26.5 Å². The monoisotopic (exact) mass is 316 g/mol. The maximum Gasteiger partial charge on any atom is 0.248 e. The van der Waals surface area contributed by atoms with Crippen LogP contribution in [-0.4, -0.2) is 54.6 Å². The van der Waals surface area contributed by atoms with Gasteiger partial charge in [0.2, 0.25) is 10.0 Å². The standard InChI is InChI=1S/C12H20N4O4S/c1-9-10(11(13)14-15(9)2)21(17,18)16-5-3-12(4-6-16)19-7-8-20-12/h3-8H2,1-2H3,(H2,13,14). The van der Waals surface area contributed by atoms with E-state index in [4.69, 9.17) is 15.2 Å². The van der Waals surface area contributed by atoms with Crippen LogP contribution in [0.1, 0.15) is 18.5 Å². The van der Waals surface area contributed by atoms with E-state index in [1.165, 1.54) is 8.99 Å². The maximum absolute atomic E-state index is 12.8. The summed E-state index contributed by atoms with van der Waals surface area (Å²) in [6.45, 7) is 3.56. The van der Waals surface area contributed by atoms with Gasteiger partial charge >= 0.3 is 0 Å². The number of aromatic nitrogens is 2. The lowest BCUT2D eigenvalue weighted by Crippen LogP contribution is -2.47. The average molecular weight is 316 g/mol. The number of hydrogen-bond donors (Lipinski definition) is 1. The summed E-state index contributed by atoms with van der Waals surface area (Å²) in [5.41, 5.74) is 6.31. The minimum absolute atomic E-state index is 0.0450. The number of ether oxygens (including phenoxy) is 2. The van der Waals surface area contributed by atoms with Gasteiger partial charge in [-0.05, 0) is 6.92 Å². The van der Waals surface area contributed by atoms with E-state index in [1.807, 2.05) is 0 Å². The Hall–Kier alpha value is -1.16. The second-order valence-electron chi connectivity index (χ2n) is 5.44. The van der Waals surface area contributed by atoms with Gasteiger partial charge in [0.15, 0.2) is 11.6 Å². The number of anilines is 1. The first-order valence-electron chi connectivity index (χ1n) is 6.93. The van der Waals surface area contributed by atoms with Gasteiger partial charge in [-0.3, -0.25) is 4.68 Å². The van der Waals surface area contributed by atoms with Crippen molar-refractivity contribution >= 4 is 15.8 Å². The van der Waals surface area contributed by atoms with E-state index >= 15 is 0 Å². The SMILES string of the molecule is Cc1c(S(=O)(=O)N2CCC3(CC2)OCCO3)c(N)nn1C. The third kappa shape index (κ3) is 2.33. The summed E-state index contributed by atoms with van der Waals surface area (Å²) in [6, 6.07) is 0. The zero-order chi connectivity index (χ0) is 15.3. The molecule has 2 N–H and O–H groups in total. The minimum atomic E-state index is -3.63. The summed E-state index contributed by atoms with van der Waals surface area (Å²) >= 11 is 0. The molecule has 21 heavy (non-hydrogen) atoms. The number of piperidine rings is 1.